The highest BCUT2D eigenvalue weighted by Crippen LogP contribution is 2.35. The molecule has 0 fully saturated rings. The fraction of sp³-hybridized carbons (Fsp3) is 0.273. The normalized spacial score (nSPS) is 15.4. The lowest BCUT2D eigenvalue weighted by atomic mass is 10.1. The zero-order valence-corrected chi connectivity index (χ0v) is 18.2. The molecule has 0 unspecified atom stereocenters. The average Bonchev–Trinajstić information content (AvgIpc) is 3.47. The third-order valence-electron chi connectivity index (χ3n) is 5.20. The van der Waals surface area contributed by atoms with Crippen molar-refractivity contribution in [2.24, 2.45) is 0 Å². The van der Waals surface area contributed by atoms with Crippen molar-refractivity contribution in [2.45, 2.75) is 26.2 Å². The van der Waals surface area contributed by atoms with Crippen LogP contribution in [0.5, 0.6) is 11.5 Å². The van der Waals surface area contributed by atoms with Gasteiger partial charge in [-0.15, -0.1) is 5.10 Å². The fourth-order valence-corrected chi connectivity index (χ4v) is 3.87. The number of para-hydroxylation sites is 1. The molecule has 0 N–H and O–H groups in total. The van der Waals surface area contributed by atoms with E-state index in [1.165, 1.54) is 0 Å². The highest BCUT2D eigenvalue weighted by Gasteiger charge is 2.28. The molecular weight excluding hydrogens is 434 g/mol. The van der Waals surface area contributed by atoms with Crippen LogP contribution in [-0.2, 0) is 17.9 Å². The molecule has 0 spiro atoms. The van der Waals surface area contributed by atoms with E-state index in [1.807, 2.05) is 49.4 Å². The van der Waals surface area contributed by atoms with Gasteiger partial charge in [0.25, 0.3) is 5.89 Å². The predicted octanol–water partition coefficient (Wildman–Crippen LogP) is 4.33. The summed E-state index contributed by atoms with van der Waals surface area (Å²) in [4.78, 5) is 4.50. The van der Waals surface area contributed by atoms with Gasteiger partial charge in [0, 0.05) is 0 Å². The molecule has 9 nitrogen and oxygen atoms in total. The highest BCUT2D eigenvalue weighted by molar-refractivity contribution is 6.32. The second-order valence-electron chi connectivity index (χ2n) is 7.11. The van der Waals surface area contributed by atoms with E-state index in [0.29, 0.717) is 47.8 Å². The summed E-state index contributed by atoms with van der Waals surface area (Å²) < 4.78 is 24.2. The number of nitrogens with zero attached hydrogens (tertiary/aromatic N) is 5. The molecule has 5 rings (SSSR count). The fourth-order valence-electron chi connectivity index (χ4n) is 3.63. The molecule has 0 radical (unpaired) electrons. The molecule has 1 atom stereocenters. The van der Waals surface area contributed by atoms with Crippen molar-refractivity contribution < 1.29 is 18.7 Å². The summed E-state index contributed by atoms with van der Waals surface area (Å²) in [6.45, 7) is 3.25. The molecule has 1 aliphatic heterocycles. The van der Waals surface area contributed by atoms with Crippen LogP contribution in [0.2, 0.25) is 5.02 Å². The Morgan fingerprint density at radius 2 is 2.06 bits per heavy atom. The Morgan fingerprint density at radius 1 is 1.19 bits per heavy atom. The number of ether oxygens (including phenoxy) is 3. The Morgan fingerprint density at radius 3 is 2.88 bits per heavy atom. The number of hydrogen-bond donors (Lipinski definition) is 0. The Balaban J connectivity index is 1.39. The topological polar surface area (TPSA) is 97.3 Å². The first kappa shape index (κ1) is 20.5. The zero-order chi connectivity index (χ0) is 22.1. The molecule has 4 aromatic rings. The van der Waals surface area contributed by atoms with Crippen LogP contribution in [-0.4, -0.2) is 38.9 Å². The molecule has 0 amide bonds. The lowest BCUT2D eigenvalue weighted by Gasteiger charge is -2.24. The Hall–Kier alpha value is -3.43. The molecule has 0 bridgehead atoms. The molecule has 0 saturated carbocycles. The second-order valence-corrected chi connectivity index (χ2v) is 7.52. The lowest BCUT2D eigenvalue weighted by Crippen LogP contribution is -2.22. The van der Waals surface area contributed by atoms with Crippen LogP contribution in [0.15, 0.2) is 47.0 Å². The number of hydrogen-bond acceptors (Lipinski definition) is 8. The maximum Gasteiger partial charge on any atom is 0.280 e. The lowest BCUT2D eigenvalue weighted by molar-refractivity contribution is -0.00119. The van der Waals surface area contributed by atoms with E-state index in [1.54, 1.807) is 11.8 Å². The van der Waals surface area contributed by atoms with Crippen molar-refractivity contribution in [3.63, 3.8) is 0 Å². The van der Waals surface area contributed by atoms with Crippen LogP contribution in [0.3, 0.4) is 0 Å². The summed E-state index contributed by atoms with van der Waals surface area (Å²) in [6, 6.07) is 13.1. The van der Waals surface area contributed by atoms with E-state index in [4.69, 9.17) is 30.3 Å². The third-order valence-corrected chi connectivity index (χ3v) is 5.50. The number of fused-ring (bicyclic) bond motifs is 1. The van der Waals surface area contributed by atoms with Crippen LogP contribution < -0.4 is 9.47 Å². The summed E-state index contributed by atoms with van der Waals surface area (Å²) >= 11 is 6.33. The average molecular weight is 454 g/mol. The van der Waals surface area contributed by atoms with Crippen LogP contribution in [0.1, 0.15) is 24.3 Å². The number of methoxy groups -OCH3 is 1. The molecule has 164 valence electrons. The Kier molecular flexibility index (Phi) is 5.50. The Labute approximate surface area is 188 Å². The second kappa shape index (κ2) is 8.60. The molecule has 3 heterocycles. The van der Waals surface area contributed by atoms with E-state index < -0.39 is 0 Å². The molecule has 2 aromatic heterocycles. The number of halogens is 1. The van der Waals surface area contributed by atoms with Gasteiger partial charge in [0.2, 0.25) is 5.82 Å². The van der Waals surface area contributed by atoms with Gasteiger partial charge >= 0.3 is 0 Å². The van der Waals surface area contributed by atoms with Crippen LogP contribution in [0.4, 0.5) is 0 Å². The smallest absolute Gasteiger partial charge is 0.280 e. The SMILES string of the molecule is CCOc1ccc([C@@H]2Cn3nnc(-c4nc(-c5ccccc5OC)no4)c3CO2)cc1Cl. The minimum absolute atomic E-state index is 0.211. The van der Waals surface area contributed by atoms with E-state index in [-0.39, 0.29) is 12.0 Å². The third kappa shape index (κ3) is 3.69. The van der Waals surface area contributed by atoms with Gasteiger partial charge in [-0.3, -0.25) is 0 Å². The molecule has 2 aromatic carbocycles. The minimum Gasteiger partial charge on any atom is -0.496 e. The van der Waals surface area contributed by atoms with Crippen molar-refractivity contribution in [1.82, 2.24) is 25.1 Å². The summed E-state index contributed by atoms with van der Waals surface area (Å²) in [5.41, 5.74) is 2.95. The number of rotatable bonds is 6. The first-order valence-electron chi connectivity index (χ1n) is 10.1. The van der Waals surface area contributed by atoms with Crippen molar-refractivity contribution in [2.75, 3.05) is 13.7 Å². The molecule has 32 heavy (non-hydrogen) atoms. The standard InChI is InChI=1S/C22H20ClN5O4/c1-3-30-18-9-8-13(10-15(18)23)19-11-28-16(12-31-19)20(25-27-28)22-24-21(26-32-22)14-6-4-5-7-17(14)29-2/h4-10,19H,3,11-12H2,1-2H3/t19-/m0/s1. The van der Waals surface area contributed by atoms with Gasteiger partial charge in [0.15, 0.2) is 5.69 Å². The summed E-state index contributed by atoms with van der Waals surface area (Å²) in [6.07, 6.45) is -0.211. The van der Waals surface area contributed by atoms with Gasteiger partial charge in [-0.05, 0) is 36.8 Å². The zero-order valence-electron chi connectivity index (χ0n) is 17.5. The van der Waals surface area contributed by atoms with Crippen molar-refractivity contribution in [3.05, 3.63) is 58.7 Å². The Bertz CT molecular complexity index is 1250. The van der Waals surface area contributed by atoms with Crippen molar-refractivity contribution in [3.8, 4) is 34.5 Å². The summed E-state index contributed by atoms with van der Waals surface area (Å²) in [5.74, 6) is 2.00. The van der Waals surface area contributed by atoms with Gasteiger partial charge in [0.1, 0.15) is 17.6 Å². The monoisotopic (exact) mass is 453 g/mol. The van der Waals surface area contributed by atoms with Gasteiger partial charge in [-0.25, -0.2) is 4.68 Å². The van der Waals surface area contributed by atoms with Crippen LogP contribution in [0.25, 0.3) is 23.0 Å². The first-order valence-corrected chi connectivity index (χ1v) is 10.5. The molecular formula is C22H20ClN5O4. The summed E-state index contributed by atoms with van der Waals surface area (Å²) in [5, 5.41) is 13.2. The van der Waals surface area contributed by atoms with E-state index in [9.17, 15) is 0 Å². The molecule has 0 aliphatic carbocycles. The highest BCUT2D eigenvalue weighted by atomic mass is 35.5. The molecule has 0 saturated heterocycles. The van der Waals surface area contributed by atoms with E-state index >= 15 is 0 Å². The van der Waals surface area contributed by atoms with Crippen molar-refractivity contribution >= 4 is 11.6 Å². The minimum atomic E-state index is -0.211. The maximum absolute atomic E-state index is 6.33. The van der Waals surface area contributed by atoms with Crippen LogP contribution >= 0.6 is 11.6 Å². The van der Waals surface area contributed by atoms with Gasteiger partial charge < -0.3 is 18.7 Å². The van der Waals surface area contributed by atoms with E-state index in [0.717, 1.165) is 16.8 Å². The number of aromatic nitrogens is 5. The maximum atomic E-state index is 6.33. The first-order chi connectivity index (χ1) is 15.7. The number of benzene rings is 2. The largest absolute Gasteiger partial charge is 0.496 e. The summed E-state index contributed by atoms with van der Waals surface area (Å²) in [7, 11) is 1.60. The molecule has 1 aliphatic rings. The van der Waals surface area contributed by atoms with Crippen LogP contribution in [0, 0.1) is 0 Å². The van der Waals surface area contributed by atoms with Crippen molar-refractivity contribution in [1.29, 1.82) is 0 Å². The van der Waals surface area contributed by atoms with E-state index in [2.05, 4.69) is 20.5 Å². The predicted molar refractivity (Wildman–Crippen MR) is 115 cm³/mol. The quantitative estimate of drug-likeness (QED) is 0.425. The van der Waals surface area contributed by atoms with Gasteiger partial charge in [0.05, 0.1) is 43.1 Å². The van der Waals surface area contributed by atoms with Gasteiger partial charge in [-0.2, -0.15) is 4.98 Å². The van der Waals surface area contributed by atoms with Gasteiger partial charge in [-0.1, -0.05) is 40.2 Å². The molecule has 10 heteroatoms.